The first-order chi connectivity index (χ1) is 16.3. The average molecular weight is 391 g/mol. The van der Waals surface area contributed by atoms with E-state index in [4.69, 9.17) is 147 Å². The predicted molar refractivity (Wildman–Crippen MR) is 205 cm³/mol. The lowest BCUT2D eigenvalue weighted by atomic mass is 8.40. The van der Waals surface area contributed by atoms with Gasteiger partial charge in [0.15, 0.2) is 0 Å². The fraction of sp³-hybridized carbons (Fsp3) is 1.00. The van der Waals surface area contributed by atoms with Crippen LogP contribution in [0, 0.1) is 0 Å². The lowest BCUT2D eigenvalue weighted by Gasteiger charge is -2.54. The maximum Gasteiger partial charge on any atom is 0.0294 e. The SMILES string of the molecule is [B]B([B])B([B])B(B(B([B])[B])B([B])[B])C(B(B([B])[B])B([B])[B])B(B(B([B])[B])B([B])[B])B(B([B])[B])B([B])[B]. The summed E-state index contributed by atoms with van der Waals surface area (Å²) in [5.41, 5.74) is -0.993. The molecule has 35 heteroatoms. The Hall–Kier alpha value is 2.27. The van der Waals surface area contributed by atoms with Gasteiger partial charge in [0, 0.05) is 249 Å². The van der Waals surface area contributed by atoms with Gasteiger partial charge in [-0.25, -0.2) is 0 Å². The second kappa shape index (κ2) is 17.3. The Morgan fingerprint density at radius 2 is 0.500 bits per heavy atom. The van der Waals surface area contributed by atoms with Crippen LogP contribution in [0.4, 0.5) is 0 Å². The van der Waals surface area contributed by atoms with Gasteiger partial charge in [0.2, 0.25) is 0 Å². The smallest absolute Gasteiger partial charge is 0.0294 e. The summed E-state index contributed by atoms with van der Waals surface area (Å²) in [7, 11) is 117. The Labute approximate surface area is 253 Å². The molecule has 0 N–H and O–H groups in total. The van der Waals surface area contributed by atoms with E-state index < -0.39 is 108 Å². The Kier molecular flexibility index (Phi) is 18.4. The van der Waals surface area contributed by atoms with Crippen molar-refractivity contribution in [3.8, 4) is 0 Å². The van der Waals surface area contributed by atoms with Crippen LogP contribution in [-0.2, 0) is 0 Å². The average Bonchev–Trinajstić information content (AvgIpc) is 2.66. The Balaban J connectivity index is 7.84. The first kappa shape index (κ1) is 38.3. The summed E-state index contributed by atoms with van der Waals surface area (Å²) in [5, 5.41) is 0. The van der Waals surface area contributed by atoms with Crippen LogP contribution in [0.1, 0.15) is 0 Å². The standard InChI is InChI=1S/CHB35/c2-24(3)21(25(4)5)1(22(33(20)26(6)7)34(27(8)9)28(10)11)23(35(29(12)13)30(14)15)36(31(16)17)32(18)19/h1H. The van der Waals surface area contributed by atoms with E-state index in [-0.39, 0.29) is 0 Å². The molecule has 0 saturated heterocycles. The van der Waals surface area contributed by atoms with E-state index in [1.54, 1.807) is 0 Å². The van der Waals surface area contributed by atoms with Crippen molar-refractivity contribution in [3.63, 3.8) is 0 Å². The number of hydrogen-bond acceptors (Lipinski definition) is 0. The van der Waals surface area contributed by atoms with Gasteiger partial charge in [-0.15, -0.1) is 5.62 Å². The van der Waals surface area contributed by atoms with Crippen LogP contribution < -0.4 is 0 Å². The third-order valence-electron chi connectivity index (χ3n) is 7.11. The lowest BCUT2D eigenvalue weighted by molar-refractivity contribution is 1.80. The highest BCUT2D eigenvalue weighted by Gasteiger charge is 2.54. The van der Waals surface area contributed by atoms with E-state index in [0.29, 0.717) is 0 Å². The van der Waals surface area contributed by atoms with E-state index in [0.717, 1.165) is 0 Å². The summed E-state index contributed by atoms with van der Waals surface area (Å²) in [5.74, 6) is 0. The predicted octanol–water partition coefficient (Wildman–Crippen LogP) is -13.0. The monoisotopic (exact) mass is 398 g/mol. The number of rotatable bonds is 16. The molecule has 0 spiro atoms. The zero-order chi connectivity index (χ0) is 28.8. The largest absolute Gasteiger partial charge is 0.146 e. The fourth-order valence-corrected chi connectivity index (χ4v) is 5.65. The molecule has 0 fully saturated rings. The van der Waals surface area contributed by atoms with Crippen LogP contribution in [0.3, 0.4) is 0 Å². The van der Waals surface area contributed by atoms with Crippen LogP contribution in [0.15, 0.2) is 0 Å². The highest BCUT2D eigenvalue weighted by molar-refractivity contribution is 8.13. The Bertz CT molecular complexity index is 515. The number of hydrogen-bond donors (Lipinski definition) is 0. The molecule has 1 atom stereocenters. The molecule has 0 aromatic carbocycles. The molecule has 0 aromatic heterocycles. The fourth-order valence-electron chi connectivity index (χ4n) is 5.65. The second-order valence-corrected chi connectivity index (χ2v) is 9.81. The summed E-state index contributed by atoms with van der Waals surface area (Å²) < 4.78 is 0. The van der Waals surface area contributed by atoms with Gasteiger partial charge in [0.05, 0.1) is 0 Å². The van der Waals surface area contributed by atoms with Gasteiger partial charge in [0.1, 0.15) is 0 Å². The molecule has 0 saturated carbocycles. The molecule has 0 nitrogen and oxygen atoms in total. The van der Waals surface area contributed by atoms with Crippen molar-refractivity contribution in [2.75, 3.05) is 0 Å². The molecule has 1 unspecified atom stereocenters. The van der Waals surface area contributed by atoms with Crippen LogP contribution in [0.5, 0.6) is 0 Å². The van der Waals surface area contributed by atoms with Crippen LogP contribution in [0.2, 0.25) is 5.62 Å². The highest BCUT2D eigenvalue weighted by atomic mass is 13.7. The van der Waals surface area contributed by atoms with E-state index in [9.17, 15) is 0 Å². The Morgan fingerprint density at radius 1 is 0.250 bits per heavy atom. The maximum absolute atomic E-state index is 6.53. The molecule has 0 aliphatic heterocycles. The Morgan fingerprint density at radius 3 is 0.694 bits per heavy atom. The normalized spacial score (nSPS) is 10.6. The van der Waals surface area contributed by atoms with Gasteiger partial charge in [-0.1, -0.05) is 0 Å². The van der Waals surface area contributed by atoms with Crippen molar-refractivity contribution < 1.29 is 0 Å². The van der Waals surface area contributed by atoms with Crippen molar-refractivity contribution in [2.24, 2.45) is 0 Å². The van der Waals surface area contributed by atoms with Gasteiger partial charge in [-0.2, -0.15) is 0 Å². The van der Waals surface area contributed by atoms with E-state index in [2.05, 4.69) is 0 Å². The van der Waals surface area contributed by atoms with Crippen molar-refractivity contribution in [3.05, 3.63) is 0 Å². The minimum atomic E-state index is -1.17. The molecule has 0 heterocycles. The first-order valence-electron chi connectivity index (χ1n) is 11.7. The third-order valence-corrected chi connectivity index (χ3v) is 7.11. The molecule has 110 valence electrons. The molecule has 36 heavy (non-hydrogen) atoms. The van der Waals surface area contributed by atoms with Gasteiger partial charge >= 0.3 is 0 Å². The van der Waals surface area contributed by atoms with Gasteiger partial charge in [-0.05, 0) is 0 Å². The zero-order valence-electron chi connectivity index (χ0n) is 20.8. The van der Waals surface area contributed by atoms with Crippen molar-refractivity contribution in [1.29, 1.82) is 0 Å². The molecule has 0 amide bonds. The van der Waals surface area contributed by atoms with Crippen molar-refractivity contribution >= 4 is 249 Å². The molecule has 38 radical (unpaired) electrons. The van der Waals surface area contributed by atoms with E-state index >= 15 is 0 Å². The quantitative estimate of drug-likeness (QED) is 0.229. The second-order valence-electron chi connectivity index (χ2n) is 9.81. The van der Waals surface area contributed by atoms with Gasteiger partial charge < -0.3 is 0 Å². The minimum Gasteiger partial charge on any atom is -0.146 e. The minimum absolute atomic E-state index is 0.964. The summed E-state index contributed by atoms with van der Waals surface area (Å²) in [6, 6.07) is 0. The van der Waals surface area contributed by atoms with Gasteiger partial charge in [-0.3, -0.25) is 0 Å². The third kappa shape index (κ3) is 10.3. The molecule has 0 aliphatic carbocycles. The molecule has 0 rings (SSSR count). The van der Waals surface area contributed by atoms with Gasteiger partial charge in [0.25, 0.3) is 0 Å². The van der Waals surface area contributed by atoms with E-state index in [1.807, 2.05) is 0 Å². The summed E-state index contributed by atoms with van der Waals surface area (Å²) in [6.07, 6.45) is -14.4. The highest BCUT2D eigenvalue weighted by Crippen LogP contribution is 2.28. The van der Waals surface area contributed by atoms with Crippen molar-refractivity contribution in [2.45, 2.75) is 5.62 Å². The zero-order valence-corrected chi connectivity index (χ0v) is 20.8. The molecule has 0 aromatic rings. The molecular weight excluding hydrogens is 390 g/mol. The molecular formula is CHB35. The van der Waals surface area contributed by atoms with E-state index in [1.165, 1.54) is 0 Å². The maximum atomic E-state index is 6.53. The lowest BCUT2D eigenvalue weighted by Crippen LogP contribution is -2.83. The summed E-state index contributed by atoms with van der Waals surface area (Å²) >= 11 is 0. The topological polar surface area (TPSA) is 0 Å². The summed E-state index contributed by atoms with van der Waals surface area (Å²) in [6.45, 7) is -2.96. The van der Waals surface area contributed by atoms with Crippen LogP contribution >= 0.6 is 0 Å². The molecule has 0 aliphatic rings. The summed E-state index contributed by atoms with van der Waals surface area (Å²) in [4.78, 5) is 0. The molecule has 0 bridgehead atoms. The first-order valence-corrected chi connectivity index (χ1v) is 11.7. The van der Waals surface area contributed by atoms with Crippen molar-refractivity contribution in [1.82, 2.24) is 0 Å². The van der Waals surface area contributed by atoms with Crippen LogP contribution in [0.25, 0.3) is 0 Å². The van der Waals surface area contributed by atoms with Crippen LogP contribution in [-0.4, -0.2) is 249 Å².